The van der Waals surface area contributed by atoms with Crippen molar-refractivity contribution < 1.29 is 0 Å². The summed E-state index contributed by atoms with van der Waals surface area (Å²) in [6.07, 6.45) is 8.33. The molecule has 16 heavy (non-hydrogen) atoms. The van der Waals surface area contributed by atoms with E-state index in [9.17, 15) is 0 Å². The molecule has 0 heterocycles. The van der Waals surface area contributed by atoms with Gasteiger partial charge in [0.15, 0.2) is 0 Å². The van der Waals surface area contributed by atoms with Crippen LogP contribution in [0.4, 0.5) is 0 Å². The summed E-state index contributed by atoms with van der Waals surface area (Å²) in [7, 11) is 0. The zero-order valence-electron chi connectivity index (χ0n) is 9.67. The average molecular weight is 280 g/mol. The minimum atomic E-state index is 0.376. The van der Waals surface area contributed by atoms with E-state index in [2.05, 4.69) is 52.3 Å². The molecule has 0 radical (unpaired) electrons. The fourth-order valence-corrected chi connectivity index (χ4v) is 2.24. The van der Waals surface area contributed by atoms with Crippen molar-refractivity contribution >= 4 is 15.9 Å². The molecule has 1 aromatic carbocycles. The van der Waals surface area contributed by atoms with E-state index in [1.54, 1.807) is 0 Å². The van der Waals surface area contributed by atoms with E-state index in [4.69, 9.17) is 6.42 Å². The third-order valence-corrected chi connectivity index (χ3v) is 3.29. The highest BCUT2D eigenvalue weighted by atomic mass is 79.9. The Morgan fingerprint density at radius 1 is 1.38 bits per heavy atom. The molecule has 1 aromatic rings. The predicted octanol–water partition coefficient (Wildman–Crippen LogP) is 3.90. The van der Waals surface area contributed by atoms with Gasteiger partial charge >= 0.3 is 0 Å². The molecule has 0 aliphatic heterocycles. The summed E-state index contributed by atoms with van der Waals surface area (Å²) < 4.78 is 1.17. The molecule has 1 atom stereocenters. The van der Waals surface area contributed by atoms with E-state index >= 15 is 0 Å². The molecule has 0 saturated heterocycles. The molecule has 0 bridgehead atoms. The van der Waals surface area contributed by atoms with Crippen LogP contribution >= 0.6 is 15.9 Å². The Hall–Kier alpha value is -0.780. The van der Waals surface area contributed by atoms with Crippen LogP contribution in [0, 0.1) is 12.3 Å². The summed E-state index contributed by atoms with van der Waals surface area (Å²) >= 11 is 3.56. The minimum Gasteiger partial charge on any atom is -0.310 e. The highest BCUT2D eigenvalue weighted by molar-refractivity contribution is 9.10. The SMILES string of the molecule is C#CCCCCNC(C)c1ccccc1Br. The number of unbranched alkanes of at least 4 members (excludes halogenated alkanes) is 2. The van der Waals surface area contributed by atoms with Crippen molar-refractivity contribution in [2.75, 3.05) is 6.54 Å². The normalized spacial score (nSPS) is 12.1. The second kappa shape index (κ2) is 7.49. The van der Waals surface area contributed by atoms with E-state index in [-0.39, 0.29) is 0 Å². The van der Waals surface area contributed by atoms with E-state index in [0.29, 0.717) is 6.04 Å². The molecule has 0 amide bonds. The van der Waals surface area contributed by atoms with Gasteiger partial charge in [-0.25, -0.2) is 0 Å². The fraction of sp³-hybridized carbons (Fsp3) is 0.429. The maximum Gasteiger partial charge on any atom is 0.0302 e. The van der Waals surface area contributed by atoms with Gasteiger partial charge in [0.2, 0.25) is 0 Å². The third kappa shape index (κ3) is 4.38. The third-order valence-electron chi connectivity index (χ3n) is 2.57. The first-order valence-corrected chi connectivity index (χ1v) is 6.46. The lowest BCUT2D eigenvalue weighted by molar-refractivity contribution is 0.548. The first kappa shape index (κ1) is 13.3. The summed E-state index contributed by atoms with van der Waals surface area (Å²) in [6.45, 7) is 3.20. The fourth-order valence-electron chi connectivity index (χ4n) is 1.61. The topological polar surface area (TPSA) is 12.0 Å². The van der Waals surface area contributed by atoms with Gasteiger partial charge in [0.1, 0.15) is 0 Å². The standard InChI is InChI=1S/C14H18BrN/c1-3-4-5-8-11-16-12(2)13-9-6-7-10-14(13)15/h1,6-7,9-10,12,16H,4-5,8,11H2,2H3. The molecule has 1 rings (SSSR count). The highest BCUT2D eigenvalue weighted by Gasteiger charge is 2.06. The maximum atomic E-state index is 5.20. The summed E-state index contributed by atoms with van der Waals surface area (Å²) in [5.74, 6) is 2.66. The molecule has 1 N–H and O–H groups in total. The van der Waals surface area contributed by atoms with E-state index in [1.165, 1.54) is 10.0 Å². The van der Waals surface area contributed by atoms with Gasteiger partial charge in [-0.3, -0.25) is 0 Å². The van der Waals surface area contributed by atoms with Crippen molar-refractivity contribution in [1.29, 1.82) is 0 Å². The molecule has 2 heteroatoms. The molecular formula is C14H18BrN. The van der Waals surface area contributed by atoms with E-state index in [0.717, 1.165) is 25.8 Å². The smallest absolute Gasteiger partial charge is 0.0302 e. The van der Waals surface area contributed by atoms with Crippen LogP contribution in [0.2, 0.25) is 0 Å². The van der Waals surface area contributed by atoms with Gasteiger partial charge in [-0.15, -0.1) is 12.3 Å². The predicted molar refractivity (Wildman–Crippen MR) is 73.2 cm³/mol. The van der Waals surface area contributed by atoms with Gasteiger partial charge in [0.25, 0.3) is 0 Å². The van der Waals surface area contributed by atoms with Gasteiger partial charge in [-0.1, -0.05) is 34.1 Å². The lowest BCUT2D eigenvalue weighted by Crippen LogP contribution is -2.20. The second-order valence-corrected chi connectivity index (χ2v) is 4.71. The van der Waals surface area contributed by atoms with Crippen molar-refractivity contribution in [3.05, 3.63) is 34.3 Å². The number of hydrogen-bond donors (Lipinski definition) is 1. The average Bonchev–Trinajstić information content (AvgIpc) is 2.29. The number of terminal acetylenes is 1. The summed E-state index contributed by atoms with van der Waals surface area (Å²) in [5.41, 5.74) is 1.31. The Morgan fingerprint density at radius 3 is 2.81 bits per heavy atom. The van der Waals surface area contributed by atoms with Crippen molar-refractivity contribution in [1.82, 2.24) is 5.32 Å². The van der Waals surface area contributed by atoms with Crippen molar-refractivity contribution in [2.24, 2.45) is 0 Å². The van der Waals surface area contributed by atoms with Gasteiger partial charge < -0.3 is 5.32 Å². The summed E-state index contributed by atoms with van der Waals surface area (Å²) in [5, 5.41) is 3.50. The molecule has 1 unspecified atom stereocenters. The lowest BCUT2D eigenvalue weighted by atomic mass is 10.1. The molecule has 1 nitrogen and oxygen atoms in total. The Labute approximate surface area is 107 Å². The molecular weight excluding hydrogens is 262 g/mol. The summed E-state index contributed by atoms with van der Waals surface area (Å²) in [4.78, 5) is 0. The maximum absolute atomic E-state index is 5.20. The van der Waals surface area contributed by atoms with Crippen LogP contribution < -0.4 is 5.32 Å². The van der Waals surface area contributed by atoms with E-state index in [1.807, 2.05) is 6.07 Å². The Morgan fingerprint density at radius 2 is 2.12 bits per heavy atom. The van der Waals surface area contributed by atoms with Crippen LogP contribution in [0.5, 0.6) is 0 Å². The Kier molecular flexibility index (Phi) is 6.22. The van der Waals surface area contributed by atoms with Gasteiger partial charge in [-0.05, 0) is 37.9 Å². The van der Waals surface area contributed by atoms with Crippen molar-refractivity contribution in [2.45, 2.75) is 32.2 Å². The van der Waals surface area contributed by atoms with Crippen LogP contribution in [-0.2, 0) is 0 Å². The molecule has 0 spiro atoms. The largest absolute Gasteiger partial charge is 0.310 e. The molecule has 0 fully saturated rings. The minimum absolute atomic E-state index is 0.376. The Bertz CT molecular complexity index is 354. The number of benzene rings is 1. The van der Waals surface area contributed by atoms with Crippen LogP contribution in [0.3, 0.4) is 0 Å². The number of hydrogen-bond acceptors (Lipinski definition) is 1. The number of nitrogens with one attached hydrogen (secondary N) is 1. The second-order valence-electron chi connectivity index (χ2n) is 3.86. The van der Waals surface area contributed by atoms with Crippen LogP contribution in [-0.4, -0.2) is 6.54 Å². The van der Waals surface area contributed by atoms with Crippen LogP contribution in [0.25, 0.3) is 0 Å². The first-order chi connectivity index (χ1) is 7.75. The molecule has 0 saturated carbocycles. The van der Waals surface area contributed by atoms with Gasteiger partial charge in [0, 0.05) is 16.9 Å². The lowest BCUT2D eigenvalue weighted by Gasteiger charge is -2.15. The molecule has 0 aromatic heterocycles. The monoisotopic (exact) mass is 279 g/mol. The van der Waals surface area contributed by atoms with Crippen molar-refractivity contribution in [3.8, 4) is 12.3 Å². The van der Waals surface area contributed by atoms with Crippen LogP contribution in [0.1, 0.15) is 37.8 Å². The number of rotatable bonds is 6. The zero-order chi connectivity index (χ0) is 11.8. The van der Waals surface area contributed by atoms with Gasteiger partial charge in [-0.2, -0.15) is 0 Å². The van der Waals surface area contributed by atoms with Crippen LogP contribution in [0.15, 0.2) is 28.7 Å². The van der Waals surface area contributed by atoms with Gasteiger partial charge in [0.05, 0.1) is 0 Å². The molecule has 0 aliphatic rings. The van der Waals surface area contributed by atoms with Crippen molar-refractivity contribution in [3.63, 3.8) is 0 Å². The summed E-state index contributed by atoms with van der Waals surface area (Å²) in [6, 6.07) is 8.69. The quantitative estimate of drug-likeness (QED) is 0.615. The molecule has 0 aliphatic carbocycles. The first-order valence-electron chi connectivity index (χ1n) is 5.67. The highest BCUT2D eigenvalue weighted by Crippen LogP contribution is 2.22. The molecule has 86 valence electrons. The number of halogens is 1. The van der Waals surface area contributed by atoms with E-state index < -0.39 is 0 Å². The zero-order valence-corrected chi connectivity index (χ0v) is 11.3. The Balaban J connectivity index is 2.33.